The second-order valence-electron chi connectivity index (χ2n) is 25.6. The number of nitrogens with zero attached hydrogens (tertiary/aromatic N) is 9. The molecule has 3 aliphatic carbocycles. The predicted octanol–water partition coefficient (Wildman–Crippen LogP) is 7.61. The van der Waals surface area contributed by atoms with Crippen LogP contribution in [0, 0.1) is 17.8 Å². The molecule has 0 bridgehead atoms. The number of ether oxygens (including phenoxy) is 2. The molecule has 6 heterocycles. The van der Waals surface area contributed by atoms with Gasteiger partial charge in [0.05, 0.1) is 11.8 Å². The van der Waals surface area contributed by atoms with Gasteiger partial charge in [0.15, 0.2) is 6.29 Å². The third-order valence-electron chi connectivity index (χ3n) is 19.6. The number of piperidine rings is 3. The molecule has 6 aliphatic rings. The number of hydrogen-bond donors (Lipinski definition) is 2. The fourth-order valence-corrected chi connectivity index (χ4v) is 15.8. The zero-order valence-electron chi connectivity index (χ0n) is 51.6. The second kappa shape index (κ2) is 25.3. The number of carbonyl (C=O) groups is 3. The number of fused-ring (bicyclic) bond motifs is 6. The van der Waals surface area contributed by atoms with Crippen molar-refractivity contribution < 1.29 is 23.9 Å². The van der Waals surface area contributed by atoms with Gasteiger partial charge in [-0.15, -0.1) is 0 Å². The van der Waals surface area contributed by atoms with Gasteiger partial charge in [-0.05, 0) is 172 Å². The van der Waals surface area contributed by atoms with Crippen molar-refractivity contribution in [2.24, 2.45) is 38.9 Å². The number of urea groups is 1. The molecule has 0 saturated carbocycles. The molecule has 6 aromatic rings. The molecule has 16 nitrogen and oxygen atoms in total. The van der Waals surface area contributed by atoms with E-state index < -0.39 is 0 Å². The highest BCUT2D eigenvalue weighted by atomic mass is 16.7. The summed E-state index contributed by atoms with van der Waals surface area (Å²) in [4.78, 5) is 52.2. The molecular formula is C66H95N11O5. The highest BCUT2D eigenvalue weighted by Gasteiger charge is 2.45. The highest BCUT2D eigenvalue weighted by molar-refractivity contribution is 5.96. The second-order valence-corrected chi connectivity index (χ2v) is 25.6. The van der Waals surface area contributed by atoms with Crippen molar-refractivity contribution in [3.8, 4) is 0 Å². The number of carbonyl (C=O) groups excluding carboxylic acids is 3. The normalized spacial score (nSPS) is 24.9. The molecule has 0 unspecified atom stereocenters. The van der Waals surface area contributed by atoms with E-state index in [1.165, 1.54) is 71.0 Å². The first-order valence-corrected chi connectivity index (χ1v) is 30.4. The van der Waals surface area contributed by atoms with E-state index in [9.17, 15) is 14.4 Å². The Kier molecular flexibility index (Phi) is 18.4. The Labute approximate surface area is 488 Å². The van der Waals surface area contributed by atoms with Crippen LogP contribution in [0.3, 0.4) is 0 Å². The van der Waals surface area contributed by atoms with Crippen molar-refractivity contribution >= 4 is 50.6 Å². The van der Waals surface area contributed by atoms with Crippen LogP contribution in [0.4, 0.5) is 4.79 Å². The number of hydrogen-bond acceptors (Lipinski definition) is 10. The van der Waals surface area contributed by atoms with Gasteiger partial charge in [-0.1, -0.05) is 36.4 Å². The fraction of sp³-hybridized carbons (Fsp3) is 0.591. The van der Waals surface area contributed by atoms with Gasteiger partial charge in [0.25, 0.3) is 0 Å². The number of nitrogens with one attached hydrogen (secondary N) is 2. The van der Waals surface area contributed by atoms with Crippen molar-refractivity contribution in [3.05, 3.63) is 107 Å². The third-order valence-corrected chi connectivity index (χ3v) is 19.6. The van der Waals surface area contributed by atoms with Crippen molar-refractivity contribution in [1.82, 2.24) is 53.7 Å². The Morgan fingerprint density at radius 2 is 0.988 bits per heavy atom. The zero-order valence-corrected chi connectivity index (χ0v) is 51.6. The van der Waals surface area contributed by atoms with Crippen LogP contribution in [-0.4, -0.2) is 201 Å². The Morgan fingerprint density at radius 3 is 1.44 bits per heavy atom. The monoisotopic (exact) mass is 1120 g/mol. The smallest absolute Gasteiger partial charge is 0.324 e. The van der Waals surface area contributed by atoms with E-state index in [1.807, 2.05) is 21.0 Å². The molecule has 82 heavy (non-hydrogen) atoms. The number of amides is 4. The maximum Gasteiger partial charge on any atom is 0.324 e. The van der Waals surface area contributed by atoms with Crippen molar-refractivity contribution in [2.45, 2.75) is 100 Å². The van der Waals surface area contributed by atoms with Crippen LogP contribution < -0.4 is 10.6 Å². The minimum atomic E-state index is -0.267. The lowest BCUT2D eigenvalue weighted by atomic mass is 9.72. The molecule has 9 atom stereocenters. The quantitative estimate of drug-likeness (QED) is 0.0832. The molecule has 0 radical (unpaired) electrons. The van der Waals surface area contributed by atoms with Crippen LogP contribution in [-0.2, 0) is 59.5 Å². The van der Waals surface area contributed by atoms with Crippen molar-refractivity contribution in [1.29, 1.82) is 0 Å². The van der Waals surface area contributed by atoms with E-state index in [0.717, 1.165) is 84.1 Å². The maximum atomic E-state index is 13.6. The number of benzene rings is 3. The van der Waals surface area contributed by atoms with Gasteiger partial charge in [0.1, 0.15) is 0 Å². The first-order chi connectivity index (χ1) is 39.4. The van der Waals surface area contributed by atoms with E-state index in [4.69, 9.17) is 9.47 Å². The van der Waals surface area contributed by atoms with Crippen molar-refractivity contribution in [3.63, 3.8) is 0 Å². The lowest BCUT2D eigenvalue weighted by molar-refractivity contribution is -0.153. The Morgan fingerprint density at radius 1 is 0.561 bits per heavy atom. The van der Waals surface area contributed by atoms with E-state index in [1.54, 1.807) is 14.2 Å². The molecule has 2 N–H and O–H groups in total. The number of likely N-dealkylation sites (N-methyl/N-ethyl adjacent to an activating group) is 3. The molecule has 3 fully saturated rings. The lowest BCUT2D eigenvalue weighted by Gasteiger charge is -2.46. The molecule has 3 aromatic heterocycles. The van der Waals surface area contributed by atoms with Crippen LogP contribution in [0.25, 0.3) is 32.7 Å². The summed E-state index contributed by atoms with van der Waals surface area (Å²) >= 11 is 0. The lowest BCUT2D eigenvalue weighted by Crippen LogP contribution is -2.54. The summed E-state index contributed by atoms with van der Waals surface area (Å²) in [7, 11) is 24.6. The number of imide groups is 1. The summed E-state index contributed by atoms with van der Waals surface area (Å²) in [5.41, 5.74) is 12.6. The van der Waals surface area contributed by atoms with E-state index in [2.05, 4.69) is 178 Å². The minimum Gasteiger partial charge on any atom is -0.356 e. The topological polar surface area (TPSA) is 128 Å². The number of rotatable bonds is 14. The maximum absolute atomic E-state index is 13.6. The first kappa shape index (κ1) is 59.6. The van der Waals surface area contributed by atoms with Gasteiger partial charge in [-0.3, -0.25) is 14.5 Å². The Hall–Kier alpha value is -5.59. The average Bonchev–Trinajstić information content (AvgIpc) is 3.23. The van der Waals surface area contributed by atoms with Crippen LogP contribution >= 0.6 is 0 Å². The van der Waals surface area contributed by atoms with Crippen LogP contribution in [0.15, 0.2) is 73.2 Å². The minimum absolute atomic E-state index is 0.0361. The molecule has 3 saturated heterocycles. The largest absolute Gasteiger partial charge is 0.356 e. The first-order valence-electron chi connectivity index (χ1n) is 30.4. The van der Waals surface area contributed by atoms with Crippen molar-refractivity contribution in [2.75, 3.05) is 116 Å². The van der Waals surface area contributed by atoms with Gasteiger partial charge in [-0.25, -0.2) is 4.79 Å². The molecule has 444 valence electrons. The average molecular weight is 1120 g/mol. The third kappa shape index (κ3) is 11.8. The number of likely N-dealkylation sites (tertiary alicyclic amines) is 3. The summed E-state index contributed by atoms with van der Waals surface area (Å²) in [5.74, 6) is 1.82. The summed E-state index contributed by atoms with van der Waals surface area (Å²) in [6, 6.07) is 21.2. The van der Waals surface area contributed by atoms with E-state index in [0.29, 0.717) is 61.4 Å². The molecule has 16 heteroatoms. The molecular weight excluding hydrogens is 1030 g/mol. The van der Waals surface area contributed by atoms with Gasteiger partial charge in [0, 0.05) is 168 Å². The molecule has 12 rings (SSSR count). The number of aryl methyl sites for hydroxylation is 3. The SMILES string of the molecule is CCNC(=O)N(CCCN(C)C)C(=O)[C@@H]1C[C@@H]2c3cccc4c3c(cn4C)C[C@H]2N(C)C1.CN(C)CCCNC(=O)[C@@H]1C[C@@H]2c3cccc4c3c(cn4C)C[C@H]2N(C)C1.COC(OC)[C@@H]1C[C@@H]2c3cccc4c3c(cn4C)C[C@H]2N(C)C1. The molecule has 3 aliphatic heterocycles. The van der Waals surface area contributed by atoms with E-state index >= 15 is 0 Å². The number of methoxy groups -OCH3 is 2. The Balaban J connectivity index is 0.000000139. The summed E-state index contributed by atoms with van der Waals surface area (Å²) < 4.78 is 17.9. The van der Waals surface area contributed by atoms with E-state index in [-0.39, 0.29) is 36.0 Å². The van der Waals surface area contributed by atoms with Gasteiger partial charge < -0.3 is 58.3 Å². The van der Waals surface area contributed by atoms with Gasteiger partial charge in [-0.2, -0.15) is 0 Å². The van der Waals surface area contributed by atoms with Gasteiger partial charge in [0.2, 0.25) is 11.8 Å². The Bertz CT molecular complexity index is 3230. The van der Waals surface area contributed by atoms with Crippen LogP contribution in [0.1, 0.15) is 90.2 Å². The van der Waals surface area contributed by atoms with Crippen LogP contribution in [0.2, 0.25) is 0 Å². The fourth-order valence-electron chi connectivity index (χ4n) is 15.8. The van der Waals surface area contributed by atoms with Gasteiger partial charge >= 0.3 is 6.03 Å². The molecule has 4 amide bonds. The standard InChI is InChI=1S/C25H37N5O2.C22H32N4O.C19H26N2O2/c1-6-26-25(32)30(12-8-11-27(2)3)24(31)18-13-20-19-9-7-10-21-23(19)17(15-28(21)4)14-22(20)29(5)16-18;1-24(2)10-6-9-23-22(27)16-11-18-17-7-5-8-19-21(17)15(13-25(19)3)12-20(18)26(4)14-16;1-20-10-12-9-17-15(14-6-5-7-16(20)18(12)14)8-13(11-21(17)2)19(22-3)23-4/h7,9-10,15,18,20,22H,6,8,11-14,16H2,1-5H3,(H,26,32);5,7-8,13,16,18,20H,6,9-12,14H2,1-4H3,(H,23,27);5-7,10,13,15,17,19H,8-9,11H2,1-4H3/t18-,20-,22-;16-,18-,20-;13-,15-,17-/m111/s1. The summed E-state index contributed by atoms with van der Waals surface area (Å²) in [6.45, 7) is 8.07. The van der Waals surface area contributed by atoms with Crippen LogP contribution in [0.5, 0.6) is 0 Å². The predicted molar refractivity (Wildman–Crippen MR) is 330 cm³/mol. The number of aromatic nitrogens is 3. The summed E-state index contributed by atoms with van der Waals surface area (Å²) in [5, 5.41) is 10.3. The zero-order chi connectivity index (χ0) is 58.3. The summed E-state index contributed by atoms with van der Waals surface area (Å²) in [6.07, 6.45) is 14.7. The highest BCUT2D eigenvalue weighted by Crippen LogP contribution is 2.48. The molecule has 3 aromatic carbocycles. The molecule has 0 spiro atoms.